The maximum Gasteiger partial charge on any atom is 0.326 e. The summed E-state index contributed by atoms with van der Waals surface area (Å²) in [5.74, 6) is -3.54. The van der Waals surface area contributed by atoms with Crippen LogP contribution >= 0.6 is 0 Å². The highest BCUT2D eigenvalue weighted by Crippen LogP contribution is 2.53. The highest BCUT2D eigenvalue weighted by atomic mass is 16.5. The standard InChI is InChI=1S/C7H9NO5/c8-7(6(11)12)1-13-4-2(3(4)7)5(9)10/h2-4H,1,8H2,(H,9,10)(H,11,12)/t2-,3+,4+,7+/m1/s1. The molecule has 1 saturated heterocycles. The number of aliphatic carboxylic acids is 2. The summed E-state index contributed by atoms with van der Waals surface area (Å²) < 4.78 is 4.99. The highest BCUT2D eigenvalue weighted by Gasteiger charge is 2.72. The van der Waals surface area contributed by atoms with E-state index in [2.05, 4.69) is 0 Å². The number of nitrogens with two attached hydrogens (primary N) is 1. The predicted molar refractivity (Wildman–Crippen MR) is 38.9 cm³/mol. The largest absolute Gasteiger partial charge is 0.481 e. The van der Waals surface area contributed by atoms with Crippen molar-refractivity contribution in [3.05, 3.63) is 0 Å². The van der Waals surface area contributed by atoms with Crippen molar-refractivity contribution >= 4 is 11.9 Å². The average Bonchev–Trinajstić information content (AvgIpc) is 2.66. The Hall–Kier alpha value is -1.14. The Morgan fingerprint density at radius 1 is 1.46 bits per heavy atom. The van der Waals surface area contributed by atoms with Crippen molar-refractivity contribution in [3.8, 4) is 0 Å². The van der Waals surface area contributed by atoms with Crippen LogP contribution in [-0.4, -0.2) is 40.4 Å². The first-order valence-electron chi connectivity index (χ1n) is 3.85. The molecule has 1 heterocycles. The molecule has 13 heavy (non-hydrogen) atoms. The smallest absolute Gasteiger partial charge is 0.326 e. The van der Waals surface area contributed by atoms with E-state index >= 15 is 0 Å². The zero-order chi connectivity index (χ0) is 9.80. The van der Waals surface area contributed by atoms with Crippen molar-refractivity contribution in [1.82, 2.24) is 0 Å². The van der Waals surface area contributed by atoms with Crippen LogP contribution in [0.5, 0.6) is 0 Å². The number of carboxylic acid groups (broad SMARTS) is 2. The van der Waals surface area contributed by atoms with Crippen LogP contribution in [0.2, 0.25) is 0 Å². The molecule has 72 valence electrons. The molecule has 4 N–H and O–H groups in total. The minimum absolute atomic E-state index is 0.0958. The molecule has 1 aliphatic heterocycles. The van der Waals surface area contributed by atoms with Gasteiger partial charge in [0.1, 0.15) is 5.54 Å². The van der Waals surface area contributed by atoms with Crippen LogP contribution in [-0.2, 0) is 14.3 Å². The summed E-state index contributed by atoms with van der Waals surface area (Å²) in [6, 6.07) is 0. The van der Waals surface area contributed by atoms with Crippen molar-refractivity contribution in [2.45, 2.75) is 11.6 Å². The monoisotopic (exact) mass is 187 g/mol. The number of fused-ring (bicyclic) bond motifs is 1. The molecular formula is C7H9NO5. The summed E-state index contributed by atoms with van der Waals surface area (Å²) in [6.07, 6.45) is -0.501. The van der Waals surface area contributed by atoms with Crippen LogP contribution in [0.4, 0.5) is 0 Å². The van der Waals surface area contributed by atoms with Crippen molar-refractivity contribution < 1.29 is 24.5 Å². The van der Waals surface area contributed by atoms with Gasteiger partial charge in [-0.2, -0.15) is 0 Å². The van der Waals surface area contributed by atoms with Crippen LogP contribution in [0, 0.1) is 11.8 Å². The maximum atomic E-state index is 10.7. The van der Waals surface area contributed by atoms with Gasteiger partial charge < -0.3 is 20.7 Å². The molecule has 0 bridgehead atoms. The van der Waals surface area contributed by atoms with E-state index in [0.717, 1.165) is 0 Å². The van der Waals surface area contributed by atoms with Gasteiger partial charge >= 0.3 is 11.9 Å². The van der Waals surface area contributed by atoms with Gasteiger partial charge in [-0.05, 0) is 0 Å². The van der Waals surface area contributed by atoms with Gasteiger partial charge in [0.15, 0.2) is 0 Å². The molecule has 0 unspecified atom stereocenters. The molecule has 2 aliphatic rings. The SMILES string of the molecule is N[C@@]1(C(=O)O)CO[C@H]2[C@H](C(=O)O)[C@@H]21. The molecule has 1 aliphatic carbocycles. The lowest BCUT2D eigenvalue weighted by molar-refractivity contribution is -0.147. The summed E-state index contributed by atoms with van der Waals surface area (Å²) in [5.41, 5.74) is 4.02. The summed E-state index contributed by atoms with van der Waals surface area (Å²) in [7, 11) is 0. The highest BCUT2D eigenvalue weighted by molar-refractivity contribution is 5.85. The zero-order valence-electron chi connectivity index (χ0n) is 6.64. The third kappa shape index (κ3) is 0.895. The fourth-order valence-electron chi connectivity index (χ4n) is 1.93. The first kappa shape index (κ1) is 8.46. The molecule has 0 aromatic rings. The van der Waals surface area contributed by atoms with Gasteiger partial charge in [-0.15, -0.1) is 0 Å². The van der Waals surface area contributed by atoms with Gasteiger partial charge in [-0.25, -0.2) is 0 Å². The normalized spacial score (nSPS) is 47.0. The second-order valence-electron chi connectivity index (χ2n) is 3.51. The number of ether oxygens (including phenoxy) is 1. The predicted octanol–water partition coefficient (Wildman–Crippen LogP) is -1.50. The molecule has 6 heteroatoms. The second kappa shape index (κ2) is 2.21. The van der Waals surface area contributed by atoms with Crippen molar-refractivity contribution in [3.63, 3.8) is 0 Å². The molecular weight excluding hydrogens is 178 g/mol. The van der Waals surface area contributed by atoms with E-state index < -0.39 is 35.4 Å². The van der Waals surface area contributed by atoms with Crippen molar-refractivity contribution in [2.24, 2.45) is 17.6 Å². The Labute approximate surface area is 73.3 Å². The lowest BCUT2D eigenvalue weighted by atomic mass is 9.95. The number of carboxylic acids is 2. The number of hydrogen-bond acceptors (Lipinski definition) is 4. The van der Waals surface area contributed by atoms with Crippen molar-refractivity contribution in [2.75, 3.05) is 6.61 Å². The van der Waals surface area contributed by atoms with E-state index in [1.165, 1.54) is 0 Å². The molecule has 0 aromatic heterocycles. The van der Waals surface area contributed by atoms with Gasteiger partial charge in [0.25, 0.3) is 0 Å². The molecule has 6 nitrogen and oxygen atoms in total. The fraction of sp³-hybridized carbons (Fsp3) is 0.714. The van der Waals surface area contributed by atoms with Gasteiger partial charge in [0.05, 0.1) is 18.6 Å². The number of rotatable bonds is 2. The molecule has 1 saturated carbocycles. The van der Waals surface area contributed by atoms with E-state index in [4.69, 9.17) is 20.7 Å². The lowest BCUT2D eigenvalue weighted by Crippen LogP contribution is -2.52. The van der Waals surface area contributed by atoms with Gasteiger partial charge in [0, 0.05) is 5.92 Å². The molecule has 0 amide bonds. The van der Waals surface area contributed by atoms with E-state index in [1.54, 1.807) is 0 Å². The van der Waals surface area contributed by atoms with Gasteiger partial charge in [0.2, 0.25) is 0 Å². The molecule has 4 atom stereocenters. The number of hydrogen-bond donors (Lipinski definition) is 3. The maximum absolute atomic E-state index is 10.7. The van der Waals surface area contributed by atoms with Crippen LogP contribution < -0.4 is 5.73 Å². The van der Waals surface area contributed by atoms with E-state index in [9.17, 15) is 9.59 Å². The Bertz CT molecular complexity index is 291. The molecule has 2 rings (SSSR count). The average molecular weight is 187 g/mol. The van der Waals surface area contributed by atoms with Gasteiger partial charge in [-0.1, -0.05) is 0 Å². The molecule has 0 aromatic carbocycles. The Morgan fingerprint density at radius 3 is 2.46 bits per heavy atom. The Kier molecular flexibility index (Phi) is 1.44. The quantitative estimate of drug-likeness (QED) is 0.485. The second-order valence-corrected chi connectivity index (χ2v) is 3.51. The first-order chi connectivity index (χ1) is 5.98. The topological polar surface area (TPSA) is 110 Å². The lowest BCUT2D eigenvalue weighted by Gasteiger charge is -2.19. The zero-order valence-corrected chi connectivity index (χ0v) is 6.64. The Morgan fingerprint density at radius 2 is 2.08 bits per heavy atom. The van der Waals surface area contributed by atoms with Crippen LogP contribution in [0.15, 0.2) is 0 Å². The first-order valence-corrected chi connectivity index (χ1v) is 3.85. The van der Waals surface area contributed by atoms with Crippen LogP contribution in [0.3, 0.4) is 0 Å². The van der Waals surface area contributed by atoms with E-state index in [-0.39, 0.29) is 6.61 Å². The fourth-order valence-corrected chi connectivity index (χ4v) is 1.93. The molecule has 0 spiro atoms. The third-order valence-electron chi connectivity index (χ3n) is 2.75. The number of carbonyl (C=O) groups is 2. The summed E-state index contributed by atoms with van der Waals surface area (Å²) in [6.45, 7) is -0.0958. The molecule has 0 radical (unpaired) electrons. The Balaban J connectivity index is 2.20. The van der Waals surface area contributed by atoms with Crippen LogP contribution in [0.1, 0.15) is 0 Å². The van der Waals surface area contributed by atoms with E-state index in [1.807, 2.05) is 0 Å². The summed E-state index contributed by atoms with van der Waals surface area (Å²) in [5, 5.41) is 17.4. The van der Waals surface area contributed by atoms with Gasteiger partial charge in [-0.3, -0.25) is 9.59 Å². The minimum Gasteiger partial charge on any atom is -0.481 e. The molecule has 2 fully saturated rings. The minimum atomic E-state index is -1.51. The van der Waals surface area contributed by atoms with E-state index in [0.29, 0.717) is 0 Å². The summed E-state index contributed by atoms with van der Waals surface area (Å²) >= 11 is 0. The third-order valence-corrected chi connectivity index (χ3v) is 2.75. The van der Waals surface area contributed by atoms with Crippen LogP contribution in [0.25, 0.3) is 0 Å². The van der Waals surface area contributed by atoms with Crippen molar-refractivity contribution in [1.29, 1.82) is 0 Å². The summed E-state index contributed by atoms with van der Waals surface area (Å²) in [4.78, 5) is 21.3.